The van der Waals surface area contributed by atoms with Crippen LogP contribution in [0.4, 0.5) is 10.5 Å². The maximum Gasteiger partial charge on any atom is 0.452 e. The lowest BCUT2D eigenvalue weighted by atomic mass is 10.2. The Kier molecular flexibility index (Phi) is 3.80. The van der Waals surface area contributed by atoms with E-state index >= 15 is 0 Å². The molecule has 136 valence electrons. The quantitative estimate of drug-likeness (QED) is 0.486. The Bertz CT molecular complexity index is 1280. The zero-order chi connectivity index (χ0) is 19.2. The highest BCUT2D eigenvalue weighted by Gasteiger charge is 2.18. The number of H-pyrrole nitrogens is 1. The van der Waals surface area contributed by atoms with Gasteiger partial charge in [0.25, 0.3) is 5.56 Å². The standard InChI is InChI=1S/C20H18N4O3/c1-20(2,3)27-19(26)23-22-16-13-9-5-7-11-15(13)24-17(16)21-14-10-6-4-8-12(14)18(24)25/h4-11,21H,1-3H3. The minimum absolute atomic E-state index is 0.158. The Morgan fingerprint density at radius 1 is 1.04 bits per heavy atom. The molecule has 2 aromatic carbocycles. The molecule has 0 atom stereocenters. The van der Waals surface area contributed by atoms with Gasteiger partial charge in [-0.1, -0.05) is 35.4 Å². The van der Waals surface area contributed by atoms with Crippen LogP contribution in [-0.4, -0.2) is 21.1 Å². The molecule has 0 saturated heterocycles. The second kappa shape index (κ2) is 6.05. The molecule has 4 aromatic rings. The van der Waals surface area contributed by atoms with Gasteiger partial charge in [0.05, 0.1) is 16.4 Å². The molecule has 0 aliphatic rings. The van der Waals surface area contributed by atoms with E-state index in [9.17, 15) is 9.59 Å². The van der Waals surface area contributed by atoms with Crippen LogP contribution in [0.25, 0.3) is 27.5 Å². The summed E-state index contributed by atoms with van der Waals surface area (Å²) < 4.78 is 6.73. The summed E-state index contributed by atoms with van der Waals surface area (Å²) >= 11 is 0. The highest BCUT2D eigenvalue weighted by Crippen LogP contribution is 2.33. The monoisotopic (exact) mass is 362 g/mol. The second-order valence-electron chi connectivity index (χ2n) is 7.21. The highest BCUT2D eigenvalue weighted by molar-refractivity contribution is 6.01. The molecule has 0 bridgehead atoms. The average Bonchev–Trinajstić information content (AvgIpc) is 2.92. The summed E-state index contributed by atoms with van der Waals surface area (Å²) in [6, 6.07) is 14.6. The van der Waals surface area contributed by atoms with Gasteiger partial charge in [0.2, 0.25) is 0 Å². The van der Waals surface area contributed by atoms with E-state index in [1.807, 2.05) is 42.5 Å². The van der Waals surface area contributed by atoms with Crippen molar-refractivity contribution in [1.82, 2.24) is 9.38 Å². The van der Waals surface area contributed by atoms with Crippen LogP contribution >= 0.6 is 0 Å². The molecule has 7 nitrogen and oxygen atoms in total. The molecule has 27 heavy (non-hydrogen) atoms. The fourth-order valence-electron chi connectivity index (χ4n) is 3.05. The van der Waals surface area contributed by atoms with Crippen LogP contribution in [0.1, 0.15) is 20.8 Å². The van der Waals surface area contributed by atoms with Gasteiger partial charge in [0.1, 0.15) is 16.9 Å². The minimum Gasteiger partial charge on any atom is -0.441 e. The van der Waals surface area contributed by atoms with Gasteiger partial charge >= 0.3 is 6.09 Å². The highest BCUT2D eigenvalue weighted by atomic mass is 16.6. The molecule has 2 heterocycles. The first kappa shape index (κ1) is 17.0. The molecule has 2 aromatic heterocycles. The van der Waals surface area contributed by atoms with Crippen LogP contribution in [0.5, 0.6) is 0 Å². The zero-order valence-corrected chi connectivity index (χ0v) is 15.2. The fourth-order valence-corrected chi connectivity index (χ4v) is 3.05. The first-order valence-electron chi connectivity index (χ1n) is 8.54. The number of aromatic amines is 1. The van der Waals surface area contributed by atoms with Gasteiger partial charge in [-0.05, 0) is 39.0 Å². The topological polar surface area (TPSA) is 88.3 Å². The van der Waals surface area contributed by atoms with Gasteiger partial charge in [0, 0.05) is 5.39 Å². The Morgan fingerprint density at radius 2 is 1.70 bits per heavy atom. The van der Waals surface area contributed by atoms with Crippen molar-refractivity contribution in [2.75, 3.05) is 0 Å². The first-order chi connectivity index (χ1) is 12.8. The molecule has 0 fully saturated rings. The number of para-hydroxylation sites is 2. The van der Waals surface area contributed by atoms with Gasteiger partial charge in [-0.3, -0.25) is 9.20 Å². The predicted molar refractivity (Wildman–Crippen MR) is 104 cm³/mol. The average molecular weight is 362 g/mol. The zero-order valence-electron chi connectivity index (χ0n) is 15.2. The van der Waals surface area contributed by atoms with Crippen LogP contribution in [0.15, 0.2) is 63.6 Å². The number of hydrogen-bond acceptors (Lipinski definition) is 4. The van der Waals surface area contributed by atoms with E-state index in [0.29, 0.717) is 33.1 Å². The summed E-state index contributed by atoms with van der Waals surface area (Å²) in [6.07, 6.45) is -0.783. The van der Waals surface area contributed by atoms with Crippen LogP contribution in [-0.2, 0) is 4.74 Å². The van der Waals surface area contributed by atoms with Gasteiger partial charge in [0.15, 0.2) is 0 Å². The number of azo groups is 1. The summed E-state index contributed by atoms with van der Waals surface area (Å²) in [5.41, 5.74) is 1.45. The summed E-state index contributed by atoms with van der Waals surface area (Å²) in [7, 11) is 0. The van der Waals surface area contributed by atoms with Crippen molar-refractivity contribution in [3.63, 3.8) is 0 Å². The molecular weight excluding hydrogens is 344 g/mol. The Labute approximate surface area is 154 Å². The molecule has 0 aliphatic heterocycles. The van der Waals surface area contributed by atoms with E-state index < -0.39 is 11.7 Å². The van der Waals surface area contributed by atoms with Crippen molar-refractivity contribution >= 4 is 39.2 Å². The molecule has 1 amide bonds. The number of amides is 1. The molecule has 0 spiro atoms. The summed E-state index contributed by atoms with van der Waals surface area (Å²) in [4.78, 5) is 28.2. The van der Waals surface area contributed by atoms with Crippen molar-refractivity contribution in [1.29, 1.82) is 0 Å². The van der Waals surface area contributed by atoms with Gasteiger partial charge in [-0.25, -0.2) is 4.79 Å². The van der Waals surface area contributed by atoms with Crippen LogP contribution in [0.3, 0.4) is 0 Å². The summed E-state index contributed by atoms with van der Waals surface area (Å²) in [5, 5.41) is 9.09. The van der Waals surface area contributed by atoms with E-state index in [1.165, 1.54) is 0 Å². The largest absolute Gasteiger partial charge is 0.452 e. The van der Waals surface area contributed by atoms with Gasteiger partial charge in [-0.2, -0.15) is 0 Å². The van der Waals surface area contributed by atoms with Crippen molar-refractivity contribution in [3.8, 4) is 0 Å². The van der Waals surface area contributed by atoms with Crippen LogP contribution in [0.2, 0.25) is 0 Å². The fraction of sp³-hybridized carbons (Fsp3) is 0.200. The molecule has 1 N–H and O–H groups in total. The van der Waals surface area contributed by atoms with E-state index in [0.717, 1.165) is 0 Å². The number of ether oxygens (including phenoxy) is 1. The molecule has 0 unspecified atom stereocenters. The minimum atomic E-state index is -0.783. The van der Waals surface area contributed by atoms with Crippen molar-refractivity contribution in [2.45, 2.75) is 26.4 Å². The predicted octanol–water partition coefficient (Wildman–Crippen LogP) is 4.95. The number of aromatic nitrogens is 2. The molecule has 0 radical (unpaired) electrons. The number of benzene rings is 2. The third-order valence-electron chi connectivity index (χ3n) is 4.09. The van der Waals surface area contributed by atoms with Crippen LogP contribution < -0.4 is 5.56 Å². The number of nitrogens with one attached hydrogen (secondary N) is 1. The van der Waals surface area contributed by atoms with Gasteiger partial charge in [-0.15, -0.1) is 5.11 Å². The number of hydrogen-bond donors (Lipinski definition) is 1. The molecular formula is C20H18N4O3. The maximum absolute atomic E-state index is 13.0. The van der Waals surface area contributed by atoms with Crippen LogP contribution in [0, 0.1) is 0 Å². The summed E-state index contributed by atoms with van der Waals surface area (Å²) in [5.74, 6) is 0. The van der Waals surface area contributed by atoms with Gasteiger partial charge < -0.3 is 9.72 Å². The number of nitrogens with zero attached hydrogens (tertiary/aromatic N) is 3. The lowest BCUT2D eigenvalue weighted by Crippen LogP contribution is -2.21. The lowest BCUT2D eigenvalue weighted by Gasteiger charge is -2.16. The third kappa shape index (κ3) is 2.97. The normalized spacial score (nSPS) is 12.4. The SMILES string of the molecule is CC(C)(C)OC(=O)N=Nc1c2ccccc2n2c(=O)c3ccccc3[nH]c12. The van der Waals surface area contributed by atoms with E-state index in [1.54, 1.807) is 31.2 Å². The molecule has 4 rings (SSSR count). The van der Waals surface area contributed by atoms with Crippen molar-refractivity contribution in [2.24, 2.45) is 10.2 Å². The molecule has 0 aliphatic carbocycles. The smallest absolute Gasteiger partial charge is 0.441 e. The van der Waals surface area contributed by atoms with Crippen molar-refractivity contribution < 1.29 is 9.53 Å². The Balaban J connectivity index is 1.99. The molecule has 0 saturated carbocycles. The van der Waals surface area contributed by atoms with Crippen molar-refractivity contribution in [3.05, 3.63) is 58.9 Å². The lowest BCUT2D eigenvalue weighted by molar-refractivity contribution is 0.0592. The third-order valence-corrected chi connectivity index (χ3v) is 4.09. The Hall–Kier alpha value is -3.48. The van der Waals surface area contributed by atoms with E-state index in [4.69, 9.17) is 4.74 Å². The number of rotatable bonds is 1. The Morgan fingerprint density at radius 3 is 2.44 bits per heavy atom. The second-order valence-corrected chi connectivity index (χ2v) is 7.21. The van der Waals surface area contributed by atoms with E-state index in [-0.39, 0.29) is 5.56 Å². The first-order valence-corrected chi connectivity index (χ1v) is 8.54. The number of carbonyl (C=O) groups excluding carboxylic acids is 1. The summed E-state index contributed by atoms with van der Waals surface area (Å²) in [6.45, 7) is 5.27. The maximum atomic E-state index is 13.0. The van der Waals surface area contributed by atoms with E-state index in [2.05, 4.69) is 15.2 Å². The molecule has 7 heteroatoms. The number of carbonyl (C=O) groups is 1. The number of fused-ring (bicyclic) bond motifs is 4.